The van der Waals surface area contributed by atoms with Crippen molar-refractivity contribution in [1.29, 1.82) is 0 Å². The van der Waals surface area contributed by atoms with Gasteiger partial charge in [-0.25, -0.2) is 0 Å². The van der Waals surface area contributed by atoms with Crippen molar-refractivity contribution in [1.82, 2.24) is 15.5 Å². The molecule has 0 radical (unpaired) electrons. The predicted molar refractivity (Wildman–Crippen MR) is 89.6 cm³/mol. The molecule has 0 amide bonds. The molecule has 1 aromatic heterocycles. The Morgan fingerprint density at radius 3 is 2.52 bits per heavy atom. The Morgan fingerprint density at radius 2 is 1.78 bits per heavy atom. The maximum Gasteiger partial charge on any atom is 0.258 e. The Labute approximate surface area is 138 Å². The molecule has 6 heteroatoms. The van der Waals surface area contributed by atoms with Crippen LogP contribution in [-0.4, -0.2) is 29.1 Å². The van der Waals surface area contributed by atoms with Gasteiger partial charge in [-0.1, -0.05) is 41.0 Å². The van der Waals surface area contributed by atoms with Gasteiger partial charge in [-0.3, -0.25) is 4.99 Å². The van der Waals surface area contributed by atoms with Crippen molar-refractivity contribution < 1.29 is 4.52 Å². The summed E-state index contributed by atoms with van der Waals surface area (Å²) in [7, 11) is 0. The van der Waals surface area contributed by atoms with Crippen molar-refractivity contribution >= 4 is 17.4 Å². The van der Waals surface area contributed by atoms with Crippen molar-refractivity contribution in [3.8, 4) is 22.8 Å². The van der Waals surface area contributed by atoms with Gasteiger partial charge in [0.25, 0.3) is 5.89 Å². The van der Waals surface area contributed by atoms with Gasteiger partial charge in [-0.2, -0.15) is 4.98 Å². The normalized spacial score (nSPS) is 13.7. The fraction of sp³-hybridized carbons (Fsp3) is 0.118. The number of rotatable bonds is 3. The van der Waals surface area contributed by atoms with Crippen LogP contribution in [0.5, 0.6) is 0 Å². The van der Waals surface area contributed by atoms with Crippen molar-refractivity contribution in [2.45, 2.75) is 0 Å². The number of nitrogens with one attached hydrogen (secondary N) is 1. The van der Waals surface area contributed by atoms with Crippen LogP contribution in [-0.2, 0) is 0 Å². The fourth-order valence-electron chi connectivity index (χ4n) is 2.45. The summed E-state index contributed by atoms with van der Waals surface area (Å²) in [4.78, 5) is 8.83. The summed E-state index contributed by atoms with van der Waals surface area (Å²) in [6.45, 7) is 1.71. The zero-order chi connectivity index (χ0) is 15.6. The van der Waals surface area contributed by atoms with Crippen LogP contribution in [0, 0.1) is 0 Å². The number of aliphatic imine (C=N–C) groups is 1. The van der Waals surface area contributed by atoms with Gasteiger partial charge in [0, 0.05) is 23.2 Å². The number of hydrogen-bond acceptors (Lipinski definition) is 5. The third kappa shape index (κ3) is 2.71. The number of aromatic nitrogens is 2. The van der Waals surface area contributed by atoms with Crippen molar-refractivity contribution in [2.24, 2.45) is 4.99 Å². The Morgan fingerprint density at radius 1 is 1.00 bits per heavy atom. The minimum Gasteiger partial charge on any atom is -0.368 e. The molecule has 23 heavy (non-hydrogen) atoms. The van der Waals surface area contributed by atoms with E-state index in [0.717, 1.165) is 35.6 Å². The maximum atomic E-state index is 6.17. The molecule has 114 valence electrons. The summed E-state index contributed by atoms with van der Waals surface area (Å²) >= 11 is 6.17. The van der Waals surface area contributed by atoms with E-state index in [1.165, 1.54) is 0 Å². The van der Waals surface area contributed by atoms with Gasteiger partial charge in [-0.15, -0.1) is 0 Å². The molecular formula is C17H13ClN4O. The highest BCUT2D eigenvalue weighted by molar-refractivity contribution is 6.33. The zero-order valence-corrected chi connectivity index (χ0v) is 12.9. The van der Waals surface area contributed by atoms with Gasteiger partial charge in [0.1, 0.15) is 5.84 Å². The molecule has 3 aromatic rings. The first-order valence-electron chi connectivity index (χ1n) is 7.29. The van der Waals surface area contributed by atoms with Crippen molar-refractivity contribution in [3.05, 3.63) is 59.1 Å². The van der Waals surface area contributed by atoms with E-state index in [-0.39, 0.29) is 0 Å². The van der Waals surface area contributed by atoms with Crippen LogP contribution >= 0.6 is 11.6 Å². The quantitative estimate of drug-likeness (QED) is 0.802. The number of halogens is 1. The molecular weight excluding hydrogens is 312 g/mol. The number of amidine groups is 1. The highest BCUT2D eigenvalue weighted by Gasteiger charge is 2.14. The number of hydrogen-bond donors (Lipinski definition) is 1. The van der Waals surface area contributed by atoms with Crippen LogP contribution in [0.1, 0.15) is 5.56 Å². The monoisotopic (exact) mass is 324 g/mol. The summed E-state index contributed by atoms with van der Waals surface area (Å²) in [5, 5.41) is 7.86. The van der Waals surface area contributed by atoms with Crippen LogP contribution in [0.25, 0.3) is 22.8 Å². The third-order valence-electron chi connectivity index (χ3n) is 3.62. The Bertz CT molecular complexity index is 870. The molecule has 4 rings (SSSR count). The topological polar surface area (TPSA) is 63.3 Å². The average molecular weight is 325 g/mol. The van der Waals surface area contributed by atoms with Crippen LogP contribution in [0.4, 0.5) is 0 Å². The van der Waals surface area contributed by atoms with E-state index in [0.29, 0.717) is 16.7 Å². The highest BCUT2D eigenvalue weighted by Crippen LogP contribution is 2.27. The first-order chi connectivity index (χ1) is 11.3. The molecule has 0 saturated heterocycles. The molecule has 0 spiro atoms. The lowest BCUT2D eigenvalue weighted by Crippen LogP contribution is -2.19. The second-order valence-electron chi connectivity index (χ2n) is 5.14. The smallest absolute Gasteiger partial charge is 0.258 e. The molecule has 1 aliphatic heterocycles. The molecule has 0 unspecified atom stereocenters. The molecule has 1 N–H and O–H groups in total. The van der Waals surface area contributed by atoms with E-state index in [2.05, 4.69) is 20.4 Å². The Hall–Kier alpha value is -2.66. The van der Waals surface area contributed by atoms with Gasteiger partial charge >= 0.3 is 0 Å². The van der Waals surface area contributed by atoms with Gasteiger partial charge in [0.2, 0.25) is 5.82 Å². The van der Waals surface area contributed by atoms with Crippen LogP contribution < -0.4 is 5.32 Å². The summed E-state index contributed by atoms with van der Waals surface area (Å²) in [5.74, 6) is 1.88. The second kappa shape index (κ2) is 5.85. The van der Waals surface area contributed by atoms with Gasteiger partial charge in [-0.05, 0) is 24.3 Å². The van der Waals surface area contributed by atoms with Crippen molar-refractivity contribution in [2.75, 3.05) is 13.1 Å². The molecule has 0 aliphatic carbocycles. The highest BCUT2D eigenvalue weighted by atomic mass is 35.5. The van der Waals surface area contributed by atoms with Gasteiger partial charge in [0.05, 0.1) is 11.6 Å². The molecule has 0 bridgehead atoms. The van der Waals surface area contributed by atoms with Crippen molar-refractivity contribution in [3.63, 3.8) is 0 Å². The number of benzene rings is 2. The van der Waals surface area contributed by atoms with Gasteiger partial charge < -0.3 is 9.84 Å². The summed E-state index contributed by atoms with van der Waals surface area (Å²) in [6, 6.07) is 15.3. The summed E-state index contributed by atoms with van der Waals surface area (Å²) in [6.07, 6.45) is 0. The van der Waals surface area contributed by atoms with Crippen LogP contribution in [0.3, 0.4) is 0 Å². The summed E-state index contributed by atoms with van der Waals surface area (Å²) in [5.41, 5.74) is 2.67. The zero-order valence-electron chi connectivity index (χ0n) is 12.2. The molecule has 2 aromatic carbocycles. The largest absolute Gasteiger partial charge is 0.368 e. The van der Waals surface area contributed by atoms with Crippen LogP contribution in [0.2, 0.25) is 5.02 Å². The van der Waals surface area contributed by atoms with E-state index in [9.17, 15) is 0 Å². The van der Waals surface area contributed by atoms with E-state index in [1.54, 1.807) is 6.07 Å². The first-order valence-corrected chi connectivity index (χ1v) is 7.67. The lowest BCUT2D eigenvalue weighted by molar-refractivity contribution is 0.432. The molecule has 0 atom stereocenters. The maximum absolute atomic E-state index is 6.17. The Balaban J connectivity index is 1.63. The SMILES string of the molecule is Clc1ccccc1-c1noc(-c2ccc(C3=NCCN3)cc2)n1. The predicted octanol–water partition coefficient (Wildman–Crippen LogP) is 3.41. The fourth-order valence-corrected chi connectivity index (χ4v) is 2.67. The second-order valence-corrected chi connectivity index (χ2v) is 5.54. The van der Waals surface area contributed by atoms with E-state index in [1.807, 2.05) is 42.5 Å². The summed E-state index contributed by atoms with van der Waals surface area (Å²) < 4.78 is 5.36. The Kier molecular flexibility index (Phi) is 3.55. The molecule has 0 fully saturated rings. The van der Waals surface area contributed by atoms with E-state index in [4.69, 9.17) is 16.1 Å². The molecule has 2 heterocycles. The average Bonchev–Trinajstić information content (AvgIpc) is 3.27. The van der Waals surface area contributed by atoms with Crippen LogP contribution in [0.15, 0.2) is 58.0 Å². The molecule has 5 nitrogen and oxygen atoms in total. The molecule has 1 aliphatic rings. The lowest BCUT2D eigenvalue weighted by atomic mass is 10.1. The third-order valence-corrected chi connectivity index (χ3v) is 3.95. The minimum absolute atomic E-state index is 0.466. The van der Waals surface area contributed by atoms with Gasteiger partial charge in [0.15, 0.2) is 0 Å². The lowest BCUT2D eigenvalue weighted by Gasteiger charge is -2.02. The standard InChI is InChI=1S/C17H13ClN4O/c18-14-4-2-1-3-13(14)16-21-17(23-22-16)12-7-5-11(6-8-12)15-19-9-10-20-15/h1-8H,9-10H2,(H,19,20). The van der Waals surface area contributed by atoms with E-state index < -0.39 is 0 Å². The molecule has 0 saturated carbocycles. The number of nitrogens with zero attached hydrogens (tertiary/aromatic N) is 3. The van der Waals surface area contributed by atoms with E-state index >= 15 is 0 Å². The first kappa shape index (κ1) is 14.0. The minimum atomic E-state index is 0.466.